The van der Waals surface area contributed by atoms with E-state index in [9.17, 15) is 4.39 Å². The molecule has 4 aliphatic rings. The highest BCUT2D eigenvalue weighted by atomic mass is 19.1. The number of rotatable bonds is 7. The maximum Gasteiger partial charge on any atom is 0.123 e. The van der Waals surface area contributed by atoms with Crippen LogP contribution in [0.3, 0.4) is 0 Å². The van der Waals surface area contributed by atoms with Gasteiger partial charge in [0, 0.05) is 69.1 Å². The van der Waals surface area contributed by atoms with Crippen LogP contribution in [0, 0.1) is 5.82 Å². The topological polar surface area (TPSA) is 21.8 Å². The number of nitrogens with one attached hydrogen (secondary N) is 1. The number of piperazine rings is 1. The molecule has 5 heteroatoms. The van der Waals surface area contributed by atoms with Crippen molar-refractivity contribution in [2.24, 2.45) is 0 Å². The predicted octanol–water partition coefficient (Wildman–Crippen LogP) is 5.43. The average molecular weight is 503 g/mol. The van der Waals surface area contributed by atoms with Crippen molar-refractivity contribution < 1.29 is 4.39 Å². The first-order chi connectivity index (χ1) is 18.0. The van der Waals surface area contributed by atoms with Crippen LogP contribution in [0.4, 0.5) is 10.1 Å². The molecule has 2 aliphatic carbocycles. The molecule has 6 rings (SSSR count). The number of hydrogen-bond donors (Lipinski definition) is 1. The highest BCUT2D eigenvalue weighted by Crippen LogP contribution is 2.38. The first-order valence-corrected chi connectivity index (χ1v) is 14.6. The lowest BCUT2D eigenvalue weighted by Gasteiger charge is -2.54. The van der Waals surface area contributed by atoms with Crippen molar-refractivity contribution in [2.75, 3.05) is 50.7 Å². The molecule has 0 unspecified atom stereocenters. The van der Waals surface area contributed by atoms with E-state index in [1.54, 1.807) is 12.1 Å². The van der Waals surface area contributed by atoms with E-state index in [1.807, 2.05) is 6.07 Å². The number of benzene rings is 2. The SMILES string of the molecule is CC(C)N1CCN(C2(CNC3CCN(c4cccc(C5=Cc6cc(F)ccc6C5)c4)CC3)CCC2)CC1. The maximum absolute atomic E-state index is 13.7. The number of allylic oxidation sites excluding steroid dienone is 1. The van der Waals surface area contributed by atoms with Gasteiger partial charge in [-0.1, -0.05) is 24.3 Å². The molecule has 3 fully saturated rings. The third kappa shape index (κ3) is 5.23. The van der Waals surface area contributed by atoms with Crippen LogP contribution in [0.2, 0.25) is 0 Å². The van der Waals surface area contributed by atoms with Crippen molar-refractivity contribution in [3.8, 4) is 0 Å². The van der Waals surface area contributed by atoms with Gasteiger partial charge in [-0.15, -0.1) is 0 Å². The first-order valence-electron chi connectivity index (χ1n) is 14.6. The molecule has 0 spiro atoms. The van der Waals surface area contributed by atoms with E-state index in [4.69, 9.17) is 0 Å². The fraction of sp³-hybridized carbons (Fsp3) is 0.562. The van der Waals surface area contributed by atoms with Gasteiger partial charge in [-0.3, -0.25) is 9.80 Å². The van der Waals surface area contributed by atoms with Gasteiger partial charge in [-0.2, -0.15) is 0 Å². The second-order valence-electron chi connectivity index (χ2n) is 12.1. The maximum atomic E-state index is 13.7. The van der Waals surface area contributed by atoms with Gasteiger partial charge in [0.1, 0.15) is 5.82 Å². The number of anilines is 1. The Morgan fingerprint density at radius 3 is 2.46 bits per heavy atom. The Morgan fingerprint density at radius 1 is 0.973 bits per heavy atom. The van der Waals surface area contributed by atoms with Crippen molar-refractivity contribution in [3.63, 3.8) is 0 Å². The van der Waals surface area contributed by atoms with Gasteiger partial charge in [0.05, 0.1) is 0 Å². The highest BCUT2D eigenvalue weighted by molar-refractivity contribution is 5.89. The molecular formula is C32H43FN4. The van der Waals surface area contributed by atoms with E-state index >= 15 is 0 Å². The van der Waals surface area contributed by atoms with Crippen molar-refractivity contribution in [1.82, 2.24) is 15.1 Å². The smallest absolute Gasteiger partial charge is 0.123 e. The molecule has 37 heavy (non-hydrogen) atoms. The summed E-state index contributed by atoms with van der Waals surface area (Å²) in [5.74, 6) is -0.154. The Kier molecular flexibility index (Phi) is 7.13. The molecule has 0 amide bonds. The third-order valence-corrected chi connectivity index (χ3v) is 9.62. The van der Waals surface area contributed by atoms with E-state index in [0.29, 0.717) is 17.6 Å². The number of fused-ring (bicyclic) bond motifs is 1. The molecule has 0 bridgehead atoms. The number of halogens is 1. The molecule has 198 valence electrons. The summed E-state index contributed by atoms with van der Waals surface area (Å²) >= 11 is 0. The zero-order valence-corrected chi connectivity index (χ0v) is 22.7. The molecule has 2 saturated heterocycles. The lowest BCUT2D eigenvalue weighted by atomic mass is 9.74. The van der Waals surface area contributed by atoms with Crippen LogP contribution >= 0.6 is 0 Å². The summed E-state index contributed by atoms with van der Waals surface area (Å²) in [6, 6.07) is 15.4. The standard InChI is InChI=1S/C32H43FN4/c1-24(2)35-15-17-37(18-16-35)32(11-4-12-32)23-34-30-9-13-36(14-10-30)31-6-3-5-25(22-31)27-19-26-7-8-29(33)21-28(26)20-27/h3,5-8,20-22,24,30,34H,4,9-19,23H2,1-2H3. The van der Waals surface area contributed by atoms with Crippen molar-refractivity contribution in [1.29, 1.82) is 0 Å². The molecule has 2 aliphatic heterocycles. The summed E-state index contributed by atoms with van der Waals surface area (Å²) in [6.45, 7) is 12.9. The zero-order valence-electron chi connectivity index (χ0n) is 22.7. The number of nitrogens with zero attached hydrogens (tertiary/aromatic N) is 3. The van der Waals surface area contributed by atoms with Gasteiger partial charge < -0.3 is 10.2 Å². The van der Waals surface area contributed by atoms with Gasteiger partial charge in [0.15, 0.2) is 0 Å². The Balaban J connectivity index is 1.02. The van der Waals surface area contributed by atoms with E-state index in [-0.39, 0.29) is 5.82 Å². The number of hydrogen-bond acceptors (Lipinski definition) is 4. The lowest BCUT2D eigenvalue weighted by molar-refractivity contribution is -0.0252. The van der Waals surface area contributed by atoms with Crippen molar-refractivity contribution in [2.45, 2.75) is 70.0 Å². The minimum atomic E-state index is -0.154. The minimum Gasteiger partial charge on any atom is -0.371 e. The Hall–Kier alpha value is -2.21. The normalized spacial score (nSPS) is 22.7. The third-order valence-electron chi connectivity index (χ3n) is 9.62. The second-order valence-corrected chi connectivity index (χ2v) is 12.1. The van der Waals surface area contributed by atoms with Crippen LogP contribution in [0.25, 0.3) is 11.6 Å². The van der Waals surface area contributed by atoms with E-state index in [1.165, 1.54) is 80.7 Å². The van der Waals surface area contributed by atoms with Crippen LogP contribution in [-0.2, 0) is 6.42 Å². The summed E-state index contributed by atoms with van der Waals surface area (Å²) in [6.07, 6.45) is 9.56. The quantitative estimate of drug-likeness (QED) is 0.545. The first kappa shape index (κ1) is 25.1. The molecule has 2 aromatic carbocycles. The van der Waals surface area contributed by atoms with Gasteiger partial charge >= 0.3 is 0 Å². The summed E-state index contributed by atoms with van der Waals surface area (Å²) in [4.78, 5) is 7.99. The predicted molar refractivity (Wildman–Crippen MR) is 153 cm³/mol. The van der Waals surface area contributed by atoms with E-state index in [2.05, 4.69) is 64.2 Å². The van der Waals surface area contributed by atoms with Gasteiger partial charge in [0.25, 0.3) is 0 Å². The minimum absolute atomic E-state index is 0.154. The summed E-state index contributed by atoms with van der Waals surface area (Å²) in [5, 5.41) is 4.02. The largest absolute Gasteiger partial charge is 0.371 e. The zero-order chi connectivity index (χ0) is 25.4. The van der Waals surface area contributed by atoms with Crippen LogP contribution in [-0.4, -0.2) is 73.2 Å². The molecule has 4 nitrogen and oxygen atoms in total. The fourth-order valence-corrected chi connectivity index (χ4v) is 6.97. The van der Waals surface area contributed by atoms with Crippen molar-refractivity contribution >= 4 is 17.3 Å². The monoisotopic (exact) mass is 502 g/mol. The van der Waals surface area contributed by atoms with E-state index < -0.39 is 0 Å². The Labute approximate surface area is 222 Å². The van der Waals surface area contributed by atoms with Crippen LogP contribution in [0.15, 0.2) is 42.5 Å². The second kappa shape index (κ2) is 10.5. The molecule has 2 heterocycles. The Morgan fingerprint density at radius 2 is 1.76 bits per heavy atom. The molecule has 0 radical (unpaired) electrons. The van der Waals surface area contributed by atoms with E-state index in [0.717, 1.165) is 31.6 Å². The summed E-state index contributed by atoms with van der Waals surface area (Å²) in [5.41, 5.74) is 6.53. The van der Waals surface area contributed by atoms with Crippen LogP contribution < -0.4 is 10.2 Å². The average Bonchev–Trinajstić information content (AvgIpc) is 3.32. The summed E-state index contributed by atoms with van der Waals surface area (Å²) in [7, 11) is 0. The molecule has 1 N–H and O–H groups in total. The Bertz CT molecular complexity index is 1120. The van der Waals surface area contributed by atoms with Gasteiger partial charge in [-0.25, -0.2) is 4.39 Å². The number of piperidine rings is 1. The molecule has 0 aromatic heterocycles. The van der Waals surface area contributed by atoms with Crippen molar-refractivity contribution in [3.05, 3.63) is 65.0 Å². The molecule has 2 aromatic rings. The molecule has 0 atom stereocenters. The summed E-state index contributed by atoms with van der Waals surface area (Å²) < 4.78 is 13.7. The lowest BCUT2D eigenvalue weighted by Crippen LogP contribution is -2.65. The molecular weight excluding hydrogens is 459 g/mol. The molecule has 1 saturated carbocycles. The van der Waals surface area contributed by atoms with Crippen LogP contribution in [0.5, 0.6) is 0 Å². The highest BCUT2D eigenvalue weighted by Gasteiger charge is 2.43. The fourth-order valence-electron chi connectivity index (χ4n) is 6.97. The van der Waals surface area contributed by atoms with Gasteiger partial charge in [0.2, 0.25) is 0 Å². The van der Waals surface area contributed by atoms with Gasteiger partial charge in [-0.05, 0) is 98.9 Å². The van der Waals surface area contributed by atoms with Crippen LogP contribution in [0.1, 0.15) is 62.6 Å².